The molecule has 0 saturated heterocycles. The van der Waals surface area contributed by atoms with E-state index in [2.05, 4.69) is 48.5 Å². The molecule has 4 aliphatic rings. The number of phenols is 4. The van der Waals surface area contributed by atoms with Crippen molar-refractivity contribution >= 4 is 0 Å². The lowest BCUT2D eigenvalue weighted by atomic mass is 9.32. The van der Waals surface area contributed by atoms with Gasteiger partial charge in [-0.05, 0) is 131 Å². The van der Waals surface area contributed by atoms with Crippen LogP contribution in [0.1, 0.15) is 60.8 Å². The summed E-state index contributed by atoms with van der Waals surface area (Å²) < 4.78 is 0. The van der Waals surface area contributed by atoms with Gasteiger partial charge in [-0.1, -0.05) is 48.5 Å². The molecule has 8 rings (SSSR count). The predicted octanol–water partition coefficient (Wildman–Crippen LogP) is 6.94. The summed E-state index contributed by atoms with van der Waals surface area (Å²) in [5.74, 6) is 1.09. The molecule has 4 aromatic rings. The van der Waals surface area contributed by atoms with Crippen LogP contribution in [0.15, 0.2) is 97.1 Å². The standard InChI is InChI=1S/C34H32O4/c35-27-9-1-23(2-10-27)31-17-32(24-3-11-28(36)12-4-24)20-33(18-31,25-5-13-29(37)14-6-25)22-34(19-31,21-32)26-7-15-30(38)16-8-26/h1-16,35-38H,17-22H2. The molecule has 0 radical (unpaired) electrons. The maximum Gasteiger partial charge on any atom is 0.115 e. The molecule has 0 unspecified atom stereocenters. The lowest BCUT2D eigenvalue weighted by Gasteiger charge is -2.71. The van der Waals surface area contributed by atoms with Gasteiger partial charge in [0, 0.05) is 0 Å². The van der Waals surface area contributed by atoms with Crippen molar-refractivity contribution in [1.82, 2.24) is 0 Å². The molecule has 0 heterocycles. The Hall–Kier alpha value is -3.92. The summed E-state index contributed by atoms with van der Waals surface area (Å²) in [5.41, 5.74) is 4.50. The fraction of sp³-hybridized carbons (Fsp3) is 0.294. The van der Waals surface area contributed by atoms with E-state index < -0.39 is 0 Å². The molecule has 0 spiro atoms. The molecule has 192 valence electrons. The predicted molar refractivity (Wildman–Crippen MR) is 147 cm³/mol. The third-order valence-corrected chi connectivity index (χ3v) is 9.98. The second-order valence-corrected chi connectivity index (χ2v) is 12.4. The first-order valence-corrected chi connectivity index (χ1v) is 13.4. The lowest BCUT2D eigenvalue weighted by molar-refractivity contribution is -0.0692. The number of hydrogen-bond acceptors (Lipinski definition) is 4. The monoisotopic (exact) mass is 504 g/mol. The molecule has 4 N–H and O–H groups in total. The van der Waals surface area contributed by atoms with Gasteiger partial charge in [-0.15, -0.1) is 0 Å². The highest BCUT2D eigenvalue weighted by atomic mass is 16.3. The summed E-state index contributed by atoms with van der Waals surface area (Å²) in [6, 6.07) is 31.3. The number of rotatable bonds is 4. The lowest BCUT2D eigenvalue weighted by Crippen LogP contribution is -2.67. The van der Waals surface area contributed by atoms with Crippen LogP contribution < -0.4 is 0 Å². The number of benzene rings is 4. The fourth-order valence-corrected chi connectivity index (χ4v) is 9.12. The molecule has 38 heavy (non-hydrogen) atoms. The zero-order valence-electron chi connectivity index (χ0n) is 21.3. The van der Waals surface area contributed by atoms with Gasteiger partial charge in [0.05, 0.1) is 0 Å². The van der Waals surface area contributed by atoms with E-state index in [0.717, 1.165) is 38.5 Å². The first-order valence-electron chi connectivity index (χ1n) is 13.4. The minimum Gasteiger partial charge on any atom is -0.508 e. The molecular formula is C34H32O4. The Morgan fingerprint density at radius 3 is 0.605 bits per heavy atom. The summed E-state index contributed by atoms with van der Waals surface area (Å²) in [5, 5.41) is 40.5. The van der Waals surface area contributed by atoms with Crippen molar-refractivity contribution in [2.75, 3.05) is 0 Å². The Morgan fingerprint density at radius 1 is 0.289 bits per heavy atom. The van der Waals surface area contributed by atoms with Crippen molar-refractivity contribution in [2.45, 2.75) is 60.2 Å². The van der Waals surface area contributed by atoms with Crippen molar-refractivity contribution in [3.63, 3.8) is 0 Å². The van der Waals surface area contributed by atoms with E-state index in [4.69, 9.17) is 0 Å². The third-order valence-electron chi connectivity index (χ3n) is 9.98. The first-order chi connectivity index (χ1) is 18.2. The minimum absolute atomic E-state index is 0.129. The molecular weight excluding hydrogens is 472 g/mol. The molecule has 0 aromatic heterocycles. The Bertz CT molecular complexity index is 1220. The quantitative estimate of drug-likeness (QED) is 0.243. The van der Waals surface area contributed by atoms with Gasteiger partial charge in [-0.3, -0.25) is 0 Å². The van der Waals surface area contributed by atoms with E-state index in [1.165, 1.54) is 22.3 Å². The summed E-state index contributed by atoms with van der Waals surface area (Å²) in [6.45, 7) is 0. The molecule has 4 heteroatoms. The van der Waals surface area contributed by atoms with Crippen molar-refractivity contribution in [1.29, 1.82) is 0 Å². The van der Waals surface area contributed by atoms with Gasteiger partial charge < -0.3 is 20.4 Å². The van der Waals surface area contributed by atoms with Crippen molar-refractivity contribution in [2.24, 2.45) is 0 Å². The van der Waals surface area contributed by atoms with Gasteiger partial charge in [-0.25, -0.2) is 0 Å². The van der Waals surface area contributed by atoms with Crippen LogP contribution in [0.25, 0.3) is 0 Å². The molecule has 4 bridgehead atoms. The van der Waals surface area contributed by atoms with Gasteiger partial charge in [0.2, 0.25) is 0 Å². The van der Waals surface area contributed by atoms with Crippen LogP contribution in [0.3, 0.4) is 0 Å². The van der Waals surface area contributed by atoms with E-state index in [-0.39, 0.29) is 44.7 Å². The van der Waals surface area contributed by atoms with Crippen LogP contribution in [0.2, 0.25) is 0 Å². The average Bonchev–Trinajstić information content (AvgIpc) is 2.89. The maximum atomic E-state index is 10.1. The zero-order chi connectivity index (χ0) is 26.2. The van der Waals surface area contributed by atoms with E-state index in [9.17, 15) is 20.4 Å². The van der Waals surface area contributed by atoms with E-state index in [0.29, 0.717) is 0 Å². The van der Waals surface area contributed by atoms with Crippen LogP contribution in [-0.4, -0.2) is 20.4 Å². The van der Waals surface area contributed by atoms with Crippen LogP contribution >= 0.6 is 0 Å². The highest BCUT2D eigenvalue weighted by Gasteiger charge is 2.69. The number of aromatic hydroxyl groups is 4. The van der Waals surface area contributed by atoms with Crippen LogP contribution in [-0.2, 0) is 21.7 Å². The molecule has 0 aliphatic heterocycles. The zero-order valence-corrected chi connectivity index (χ0v) is 21.3. The van der Waals surface area contributed by atoms with Gasteiger partial charge in [0.25, 0.3) is 0 Å². The Morgan fingerprint density at radius 2 is 0.447 bits per heavy atom. The second kappa shape index (κ2) is 7.80. The number of phenolic OH excluding ortho intramolecular Hbond substituents is 4. The second-order valence-electron chi connectivity index (χ2n) is 12.4. The van der Waals surface area contributed by atoms with Gasteiger partial charge in [0.15, 0.2) is 0 Å². The Kier molecular flexibility index (Phi) is 4.76. The molecule has 4 fully saturated rings. The molecule has 4 aliphatic carbocycles. The maximum absolute atomic E-state index is 10.1. The minimum atomic E-state index is -0.129. The van der Waals surface area contributed by atoms with Crippen LogP contribution in [0.5, 0.6) is 23.0 Å². The molecule has 0 atom stereocenters. The van der Waals surface area contributed by atoms with Crippen LogP contribution in [0.4, 0.5) is 0 Å². The Balaban J connectivity index is 1.51. The van der Waals surface area contributed by atoms with E-state index >= 15 is 0 Å². The van der Waals surface area contributed by atoms with Crippen LogP contribution in [0, 0.1) is 0 Å². The normalized spacial score (nSPS) is 31.4. The van der Waals surface area contributed by atoms with E-state index in [1.807, 2.05) is 48.5 Å². The highest BCUT2D eigenvalue weighted by molar-refractivity contribution is 5.51. The smallest absolute Gasteiger partial charge is 0.115 e. The molecule has 4 aromatic carbocycles. The third kappa shape index (κ3) is 3.36. The van der Waals surface area contributed by atoms with E-state index in [1.54, 1.807) is 0 Å². The summed E-state index contributed by atoms with van der Waals surface area (Å²) in [6.07, 6.45) is 5.97. The molecule has 4 saturated carbocycles. The SMILES string of the molecule is Oc1ccc(C23CC4(c5ccc(O)cc5)CC(c5ccc(O)cc5)(C2)CC(c2ccc(O)cc2)(C3)C4)cc1. The molecule has 0 amide bonds. The van der Waals surface area contributed by atoms with Crippen molar-refractivity contribution in [3.8, 4) is 23.0 Å². The van der Waals surface area contributed by atoms with Gasteiger partial charge >= 0.3 is 0 Å². The highest BCUT2D eigenvalue weighted by Crippen LogP contribution is 2.74. The summed E-state index contributed by atoms with van der Waals surface area (Å²) in [7, 11) is 0. The van der Waals surface area contributed by atoms with Crippen molar-refractivity contribution in [3.05, 3.63) is 119 Å². The summed E-state index contributed by atoms with van der Waals surface area (Å²) >= 11 is 0. The average molecular weight is 505 g/mol. The number of hydrogen-bond donors (Lipinski definition) is 4. The fourth-order valence-electron chi connectivity index (χ4n) is 9.12. The van der Waals surface area contributed by atoms with Crippen molar-refractivity contribution < 1.29 is 20.4 Å². The summed E-state index contributed by atoms with van der Waals surface area (Å²) in [4.78, 5) is 0. The first kappa shape index (κ1) is 23.2. The largest absolute Gasteiger partial charge is 0.508 e. The van der Waals surface area contributed by atoms with Gasteiger partial charge in [-0.2, -0.15) is 0 Å². The topological polar surface area (TPSA) is 80.9 Å². The van der Waals surface area contributed by atoms with Gasteiger partial charge in [0.1, 0.15) is 23.0 Å². The molecule has 4 nitrogen and oxygen atoms in total. The Labute approximate surface area is 222 Å².